The predicted molar refractivity (Wildman–Crippen MR) is 74.0 cm³/mol. The largest absolute Gasteiger partial charge is 0.393 e. The molecule has 0 amide bonds. The van der Waals surface area contributed by atoms with Crippen molar-refractivity contribution in [3.8, 4) is 0 Å². The Morgan fingerprint density at radius 1 is 1.33 bits per heavy atom. The van der Waals surface area contributed by atoms with E-state index in [2.05, 4.69) is 0 Å². The van der Waals surface area contributed by atoms with Crippen LogP contribution in [0.4, 0.5) is 0 Å². The maximum atomic E-state index is 12.1. The molecule has 1 rings (SSSR count). The van der Waals surface area contributed by atoms with Gasteiger partial charge in [-0.15, -0.1) is 0 Å². The Bertz CT molecular complexity index is 413. The summed E-state index contributed by atoms with van der Waals surface area (Å²) in [6.07, 6.45) is 0.376. The Hall–Kier alpha value is -1.19. The molecule has 1 aromatic rings. The van der Waals surface area contributed by atoms with E-state index in [4.69, 9.17) is 0 Å². The molecule has 0 saturated carbocycles. The summed E-state index contributed by atoms with van der Waals surface area (Å²) in [7, 11) is 1.90. The van der Waals surface area contributed by atoms with Gasteiger partial charge in [0.1, 0.15) is 0 Å². The molecule has 0 fully saturated rings. The Morgan fingerprint density at radius 3 is 2.56 bits per heavy atom. The second-order valence-corrected chi connectivity index (χ2v) is 5.10. The molecule has 0 bridgehead atoms. The summed E-state index contributed by atoms with van der Waals surface area (Å²) in [5.41, 5.74) is 3.11. The SMILES string of the molecule is Cc1ccc(C(=O)CN(C)CCC(C)O)cc1C. The number of carbonyl (C=O) groups excluding carboxylic acids is 1. The van der Waals surface area contributed by atoms with E-state index in [1.807, 2.05) is 44.0 Å². The van der Waals surface area contributed by atoms with Gasteiger partial charge in [-0.2, -0.15) is 0 Å². The minimum absolute atomic E-state index is 0.131. The van der Waals surface area contributed by atoms with Gasteiger partial charge in [0.15, 0.2) is 5.78 Å². The number of hydrogen-bond acceptors (Lipinski definition) is 3. The van der Waals surface area contributed by atoms with Crippen LogP contribution >= 0.6 is 0 Å². The molecule has 1 N–H and O–H groups in total. The van der Waals surface area contributed by atoms with E-state index in [9.17, 15) is 9.90 Å². The van der Waals surface area contributed by atoms with Crippen molar-refractivity contribution in [1.29, 1.82) is 0 Å². The molecule has 0 saturated heterocycles. The van der Waals surface area contributed by atoms with Crippen LogP contribution in [0.15, 0.2) is 18.2 Å². The van der Waals surface area contributed by atoms with Crippen molar-refractivity contribution in [1.82, 2.24) is 4.90 Å². The zero-order valence-corrected chi connectivity index (χ0v) is 11.7. The number of nitrogens with zero attached hydrogens (tertiary/aromatic N) is 1. The van der Waals surface area contributed by atoms with Crippen LogP contribution in [0.1, 0.15) is 34.8 Å². The van der Waals surface area contributed by atoms with Gasteiger partial charge < -0.3 is 5.11 Å². The van der Waals surface area contributed by atoms with Gasteiger partial charge in [0.05, 0.1) is 12.6 Å². The van der Waals surface area contributed by atoms with Crippen LogP contribution in [0.25, 0.3) is 0 Å². The van der Waals surface area contributed by atoms with Gasteiger partial charge in [-0.25, -0.2) is 0 Å². The standard InChI is InChI=1S/C15H23NO2/c1-11-5-6-14(9-12(11)2)15(18)10-16(4)8-7-13(3)17/h5-6,9,13,17H,7-8,10H2,1-4H3. The lowest BCUT2D eigenvalue weighted by Crippen LogP contribution is -2.28. The van der Waals surface area contributed by atoms with Gasteiger partial charge in [-0.1, -0.05) is 12.1 Å². The van der Waals surface area contributed by atoms with Crippen molar-refractivity contribution in [2.45, 2.75) is 33.3 Å². The molecule has 0 aromatic heterocycles. The van der Waals surface area contributed by atoms with Crippen LogP contribution in [0.5, 0.6) is 0 Å². The molecule has 100 valence electrons. The second kappa shape index (κ2) is 6.66. The van der Waals surface area contributed by atoms with E-state index in [1.165, 1.54) is 5.56 Å². The minimum Gasteiger partial charge on any atom is -0.393 e. The Morgan fingerprint density at radius 2 is 2.00 bits per heavy atom. The fourth-order valence-corrected chi connectivity index (χ4v) is 1.74. The third kappa shape index (κ3) is 4.59. The molecule has 18 heavy (non-hydrogen) atoms. The topological polar surface area (TPSA) is 40.5 Å². The average Bonchev–Trinajstić information content (AvgIpc) is 2.30. The van der Waals surface area contributed by atoms with Crippen LogP contribution < -0.4 is 0 Å². The maximum Gasteiger partial charge on any atom is 0.176 e. The zero-order valence-electron chi connectivity index (χ0n) is 11.7. The number of ketones is 1. The fourth-order valence-electron chi connectivity index (χ4n) is 1.74. The molecule has 0 aliphatic rings. The summed E-state index contributed by atoms with van der Waals surface area (Å²) < 4.78 is 0. The third-order valence-electron chi connectivity index (χ3n) is 3.17. The first kappa shape index (κ1) is 14.9. The Balaban J connectivity index is 2.56. The lowest BCUT2D eigenvalue weighted by molar-refractivity contribution is 0.0931. The van der Waals surface area contributed by atoms with Crippen LogP contribution in [0.2, 0.25) is 0 Å². The van der Waals surface area contributed by atoms with Crippen LogP contribution in [0.3, 0.4) is 0 Å². The fraction of sp³-hybridized carbons (Fsp3) is 0.533. The maximum absolute atomic E-state index is 12.1. The van der Waals surface area contributed by atoms with E-state index in [0.29, 0.717) is 13.0 Å². The first-order valence-electron chi connectivity index (χ1n) is 6.37. The van der Waals surface area contributed by atoms with E-state index >= 15 is 0 Å². The summed E-state index contributed by atoms with van der Waals surface area (Å²) >= 11 is 0. The lowest BCUT2D eigenvalue weighted by atomic mass is 10.0. The minimum atomic E-state index is -0.316. The van der Waals surface area contributed by atoms with Crippen molar-refractivity contribution in [2.24, 2.45) is 0 Å². The second-order valence-electron chi connectivity index (χ2n) is 5.10. The van der Waals surface area contributed by atoms with E-state index < -0.39 is 0 Å². The first-order valence-corrected chi connectivity index (χ1v) is 6.37. The van der Waals surface area contributed by atoms with Crippen molar-refractivity contribution in [3.05, 3.63) is 34.9 Å². The molecule has 3 heteroatoms. The van der Waals surface area contributed by atoms with E-state index in [1.54, 1.807) is 6.92 Å². The highest BCUT2D eigenvalue weighted by atomic mass is 16.3. The highest BCUT2D eigenvalue weighted by Gasteiger charge is 2.10. The van der Waals surface area contributed by atoms with Gasteiger partial charge in [0, 0.05) is 12.1 Å². The molecule has 3 nitrogen and oxygen atoms in total. The first-order chi connectivity index (χ1) is 8.40. The number of Topliss-reactive ketones (excluding diaryl/α,β-unsaturated/α-hetero) is 1. The van der Waals surface area contributed by atoms with Gasteiger partial charge >= 0.3 is 0 Å². The van der Waals surface area contributed by atoms with Crippen molar-refractivity contribution in [2.75, 3.05) is 20.1 Å². The number of aliphatic hydroxyl groups is 1. The van der Waals surface area contributed by atoms with Crippen molar-refractivity contribution < 1.29 is 9.90 Å². The quantitative estimate of drug-likeness (QED) is 0.786. The summed E-state index contributed by atoms with van der Waals surface area (Å²) in [6.45, 7) is 6.95. The van der Waals surface area contributed by atoms with Crippen LogP contribution in [0, 0.1) is 13.8 Å². The average molecular weight is 249 g/mol. The molecular formula is C15H23NO2. The molecule has 0 radical (unpaired) electrons. The molecule has 0 spiro atoms. The number of benzene rings is 1. The Labute approximate surface area is 109 Å². The molecule has 1 aromatic carbocycles. The number of hydrogen-bond donors (Lipinski definition) is 1. The number of aliphatic hydroxyl groups excluding tert-OH is 1. The van der Waals surface area contributed by atoms with Crippen LogP contribution in [-0.2, 0) is 0 Å². The van der Waals surface area contributed by atoms with Crippen molar-refractivity contribution in [3.63, 3.8) is 0 Å². The molecule has 0 aliphatic heterocycles. The molecule has 0 aliphatic carbocycles. The van der Waals surface area contributed by atoms with Gasteiger partial charge in [0.25, 0.3) is 0 Å². The highest BCUT2D eigenvalue weighted by molar-refractivity contribution is 5.97. The number of carbonyl (C=O) groups is 1. The Kier molecular flexibility index (Phi) is 5.51. The summed E-state index contributed by atoms with van der Waals surface area (Å²) in [4.78, 5) is 14.0. The number of rotatable bonds is 6. The molecule has 0 heterocycles. The van der Waals surface area contributed by atoms with Crippen LogP contribution in [-0.4, -0.2) is 42.0 Å². The lowest BCUT2D eigenvalue weighted by Gasteiger charge is -2.16. The molecule has 1 atom stereocenters. The highest BCUT2D eigenvalue weighted by Crippen LogP contribution is 2.10. The van der Waals surface area contributed by atoms with E-state index in [-0.39, 0.29) is 11.9 Å². The summed E-state index contributed by atoms with van der Waals surface area (Å²) in [5, 5.41) is 9.21. The summed E-state index contributed by atoms with van der Waals surface area (Å²) in [6, 6.07) is 5.81. The monoisotopic (exact) mass is 249 g/mol. The predicted octanol–water partition coefficient (Wildman–Crippen LogP) is 2.19. The zero-order chi connectivity index (χ0) is 13.7. The van der Waals surface area contributed by atoms with E-state index in [0.717, 1.165) is 17.7 Å². The number of likely N-dealkylation sites (N-methyl/N-ethyl adjacent to an activating group) is 1. The third-order valence-corrected chi connectivity index (χ3v) is 3.17. The van der Waals surface area contributed by atoms with Gasteiger partial charge in [-0.3, -0.25) is 9.69 Å². The van der Waals surface area contributed by atoms with Crippen molar-refractivity contribution >= 4 is 5.78 Å². The molecule has 1 unspecified atom stereocenters. The van der Waals surface area contributed by atoms with Gasteiger partial charge in [0.2, 0.25) is 0 Å². The normalized spacial score (nSPS) is 12.8. The smallest absolute Gasteiger partial charge is 0.176 e. The molecular weight excluding hydrogens is 226 g/mol. The van der Waals surface area contributed by atoms with Gasteiger partial charge in [-0.05, 0) is 51.4 Å². The number of aryl methyl sites for hydroxylation is 2. The summed E-state index contributed by atoms with van der Waals surface area (Å²) in [5.74, 6) is 0.131.